The molecule has 0 aliphatic rings. The van der Waals surface area contributed by atoms with E-state index in [0.29, 0.717) is 0 Å². The summed E-state index contributed by atoms with van der Waals surface area (Å²) in [4.78, 5) is 20.7. The van der Waals surface area contributed by atoms with Gasteiger partial charge < -0.3 is 9.47 Å². The third-order valence-corrected chi connectivity index (χ3v) is 1.28. The molecule has 0 rings (SSSR count). The molecular formula is C11H20O5. The predicted octanol–water partition coefficient (Wildman–Crippen LogP) is 1.82. The summed E-state index contributed by atoms with van der Waals surface area (Å²) in [6, 6.07) is 0. The van der Waals surface area contributed by atoms with E-state index in [1.165, 1.54) is 0 Å². The molecule has 5 heteroatoms. The zero-order valence-corrected chi connectivity index (χ0v) is 10.3. The molecule has 0 bridgehead atoms. The van der Waals surface area contributed by atoms with Crippen LogP contribution in [0.15, 0.2) is 12.7 Å². The number of ether oxygens (including phenoxy) is 2. The molecule has 0 radical (unpaired) electrons. The van der Waals surface area contributed by atoms with Crippen LogP contribution in [0, 0.1) is 0 Å². The summed E-state index contributed by atoms with van der Waals surface area (Å²) in [6.07, 6.45) is 0.461. The highest BCUT2D eigenvalue weighted by Crippen LogP contribution is 2.06. The number of carbonyl (C=O) groups excluding carboxylic acids is 1. The Morgan fingerprint density at radius 2 is 2.00 bits per heavy atom. The van der Waals surface area contributed by atoms with Crippen LogP contribution in [0.5, 0.6) is 0 Å². The Morgan fingerprint density at radius 1 is 1.38 bits per heavy atom. The van der Waals surface area contributed by atoms with Gasteiger partial charge in [-0.25, -0.2) is 14.6 Å². The standard InChI is InChI=1S/C11H20O5/c1-6-10(12)15-9(2)13-7-8-14-16-11(3,4)5/h6,9H,1,7-8H2,2-5H3. The maximum atomic E-state index is 10.8. The molecule has 0 spiro atoms. The van der Waals surface area contributed by atoms with Crippen LogP contribution in [0.2, 0.25) is 0 Å². The van der Waals surface area contributed by atoms with Gasteiger partial charge in [-0.1, -0.05) is 6.58 Å². The van der Waals surface area contributed by atoms with Gasteiger partial charge in [-0.3, -0.25) is 0 Å². The number of hydrogen-bond acceptors (Lipinski definition) is 5. The summed E-state index contributed by atoms with van der Waals surface area (Å²) in [7, 11) is 0. The van der Waals surface area contributed by atoms with E-state index in [0.717, 1.165) is 6.08 Å². The van der Waals surface area contributed by atoms with Gasteiger partial charge in [-0.05, 0) is 27.7 Å². The van der Waals surface area contributed by atoms with Crippen molar-refractivity contribution in [2.75, 3.05) is 13.2 Å². The molecule has 0 aliphatic carbocycles. The molecule has 94 valence electrons. The number of rotatable bonds is 7. The zero-order valence-electron chi connectivity index (χ0n) is 10.3. The molecule has 1 unspecified atom stereocenters. The van der Waals surface area contributed by atoms with Crippen molar-refractivity contribution in [3.63, 3.8) is 0 Å². The zero-order chi connectivity index (χ0) is 12.6. The molecule has 0 aromatic heterocycles. The molecule has 0 heterocycles. The summed E-state index contributed by atoms with van der Waals surface area (Å²) >= 11 is 0. The van der Waals surface area contributed by atoms with Crippen LogP contribution in [0.1, 0.15) is 27.7 Å². The lowest BCUT2D eigenvalue weighted by molar-refractivity contribution is -0.353. The Hall–Kier alpha value is -0.910. The highest BCUT2D eigenvalue weighted by Gasteiger charge is 2.11. The van der Waals surface area contributed by atoms with E-state index in [4.69, 9.17) is 19.2 Å². The van der Waals surface area contributed by atoms with E-state index in [9.17, 15) is 4.79 Å². The molecule has 0 saturated carbocycles. The Balaban J connectivity index is 3.45. The van der Waals surface area contributed by atoms with Crippen molar-refractivity contribution in [3.8, 4) is 0 Å². The van der Waals surface area contributed by atoms with Gasteiger partial charge in [-0.15, -0.1) is 0 Å². The number of esters is 1. The first-order chi connectivity index (χ1) is 7.35. The van der Waals surface area contributed by atoms with Crippen molar-refractivity contribution < 1.29 is 24.0 Å². The first-order valence-electron chi connectivity index (χ1n) is 5.10. The molecule has 0 N–H and O–H groups in total. The third kappa shape index (κ3) is 9.64. The van der Waals surface area contributed by atoms with Gasteiger partial charge in [0.15, 0.2) is 0 Å². The van der Waals surface area contributed by atoms with E-state index in [-0.39, 0.29) is 18.8 Å². The lowest BCUT2D eigenvalue weighted by Crippen LogP contribution is -2.22. The molecular weight excluding hydrogens is 212 g/mol. The van der Waals surface area contributed by atoms with Gasteiger partial charge in [0.2, 0.25) is 6.29 Å². The molecule has 0 aromatic rings. The highest BCUT2D eigenvalue weighted by atomic mass is 17.2. The second-order valence-electron chi connectivity index (χ2n) is 4.10. The van der Waals surface area contributed by atoms with Crippen molar-refractivity contribution in [2.45, 2.75) is 39.6 Å². The van der Waals surface area contributed by atoms with Crippen LogP contribution < -0.4 is 0 Å². The second-order valence-corrected chi connectivity index (χ2v) is 4.10. The summed E-state index contributed by atoms with van der Waals surface area (Å²) in [5.74, 6) is -0.514. The first-order valence-corrected chi connectivity index (χ1v) is 5.10. The van der Waals surface area contributed by atoms with Gasteiger partial charge in [0.25, 0.3) is 0 Å². The summed E-state index contributed by atoms with van der Waals surface area (Å²) in [5, 5.41) is 0. The van der Waals surface area contributed by atoms with Crippen LogP contribution in [-0.2, 0) is 24.0 Å². The third-order valence-electron chi connectivity index (χ3n) is 1.28. The molecule has 0 fully saturated rings. The monoisotopic (exact) mass is 232 g/mol. The first kappa shape index (κ1) is 15.1. The quantitative estimate of drug-likeness (QED) is 0.167. The smallest absolute Gasteiger partial charge is 0.332 e. The van der Waals surface area contributed by atoms with Gasteiger partial charge in [0, 0.05) is 6.08 Å². The van der Waals surface area contributed by atoms with Gasteiger partial charge >= 0.3 is 5.97 Å². The Bertz CT molecular complexity index is 219. The molecule has 1 atom stereocenters. The summed E-state index contributed by atoms with van der Waals surface area (Å²) < 4.78 is 9.90. The second kappa shape index (κ2) is 7.38. The van der Waals surface area contributed by atoms with Crippen molar-refractivity contribution in [2.24, 2.45) is 0 Å². The fourth-order valence-electron chi connectivity index (χ4n) is 0.712. The van der Waals surface area contributed by atoms with Crippen LogP contribution in [0.3, 0.4) is 0 Å². The van der Waals surface area contributed by atoms with Crippen LogP contribution in [0.25, 0.3) is 0 Å². The largest absolute Gasteiger partial charge is 0.433 e. The van der Waals surface area contributed by atoms with Gasteiger partial charge in [0.05, 0.1) is 12.2 Å². The van der Waals surface area contributed by atoms with E-state index in [1.807, 2.05) is 20.8 Å². The van der Waals surface area contributed by atoms with Crippen molar-refractivity contribution >= 4 is 5.97 Å². The summed E-state index contributed by atoms with van der Waals surface area (Å²) in [5.41, 5.74) is -0.346. The Morgan fingerprint density at radius 3 is 2.50 bits per heavy atom. The van der Waals surface area contributed by atoms with Crippen LogP contribution in [-0.4, -0.2) is 31.1 Å². The van der Waals surface area contributed by atoms with Gasteiger partial charge in [-0.2, -0.15) is 0 Å². The maximum Gasteiger partial charge on any atom is 0.332 e. The van der Waals surface area contributed by atoms with Crippen molar-refractivity contribution in [3.05, 3.63) is 12.7 Å². The molecule has 0 amide bonds. The van der Waals surface area contributed by atoms with Crippen LogP contribution in [0.4, 0.5) is 0 Å². The normalized spacial score (nSPS) is 13.2. The maximum absolute atomic E-state index is 10.8. The minimum absolute atomic E-state index is 0.271. The minimum Gasteiger partial charge on any atom is -0.433 e. The topological polar surface area (TPSA) is 54.0 Å². The lowest BCUT2D eigenvalue weighted by atomic mass is 10.2. The average molecular weight is 232 g/mol. The van der Waals surface area contributed by atoms with Gasteiger partial charge in [0.1, 0.15) is 6.61 Å². The SMILES string of the molecule is C=CC(=O)OC(C)OCCOOC(C)(C)C. The predicted molar refractivity (Wildman–Crippen MR) is 58.5 cm³/mol. The molecule has 16 heavy (non-hydrogen) atoms. The molecule has 0 saturated heterocycles. The molecule has 0 aliphatic heterocycles. The van der Waals surface area contributed by atoms with E-state index in [1.54, 1.807) is 6.92 Å². The van der Waals surface area contributed by atoms with Crippen molar-refractivity contribution in [1.82, 2.24) is 0 Å². The molecule has 0 aromatic carbocycles. The average Bonchev–Trinajstić information content (AvgIpc) is 2.15. The number of hydrogen-bond donors (Lipinski definition) is 0. The highest BCUT2D eigenvalue weighted by molar-refractivity contribution is 5.81. The Kier molecular flexibility index (Phi) is 6.96. The summed E-state index contributed by atoms with van der Waals surface area (Å²) in [6.45, 7) is 11.1. The van der Waals surface area contributed by atoms with E-state index in [2.05, 4.69) is 6.58 Å². The van der Waals surface area contributed by atoms with E-state index >= 15 is 0 Å². The fourth-order valence-corrected chi connectivity index (χ4v) is 0.712. The molecule has 5 nitrogen and oxygen atoms in total. The minimum atomic E-state index is -0.622. The van der Waals surface area contributed by atoms with E-state index < -0.39 is 12.3 Å². The fraction of sp³-hybridized carbons (Fsp3) is 0.727. The van der Waals surface area contributed by atoms with Crippen LogP contribution >= 0.6 is 0 Å². The van der Waals surface area contributed by atoms with Crippen molar-refractivity contribution in [1.29, 1.82) is 0 Å². The number of carbonyl (C=O) groups is 1. The lowest BCUT2D eigenvalue weighted by Gasteiger charge is -2.18. The Labute approximate surface area is 96.2 Å².